The Bertz CT molecular complexity index is 1820. The first-order chi connectivity index (χ1) is 29.7. The molecular formula is C36H34F26N2O3. The number of rotatable bonds is 18. The van der Waals surface area contributed by atoms with Gasteiger partial charge in [0.2, 0.25) is 5.91 Å². The molecule has 0 unspecified atom stereocenters. The van der Waals surface area contributed by atoms with Gasteiger partial charge >= 0.3 is 77.7 Å². The molecule has 0 atom stereocenters. The van der Waals surface area contributed by atoms with Crippen LogP contribution in [-0.4, -0.2) is 119 Å². The van der Waals surface area contributed by atoms with Gasteiger partial charge in [0.25, 0.3) is 0 Å². The van der Waals surface area contributed by atoms with Crippen LogP contribution in [0.15, 0.2) is 24.3 Å². The van der Waals surface area contributed by atoms with Gasteiger partial charge in [-0.3, -0.25) is 4.79 Å². The van der Waals surface area contributed by atoms with E-state index in [-0.39, 0.29) is 25.9 Å². The largest absolute Gasteiger partial charge is 0.460 e. The van der Waals surface area contributed by atoms with Gasteiger partial charge in [-0.1, -0.05) is 24.3 Å². The monoisotopic (exact) mass is 1040 g/mol. The Morgan fingerprint density at radius 3 is 1.22 bits per heavy atom. The third-order valence-electron chi connectivity index (χ3n) is 11.3. The molecule has 1 aromatic rings. The average molecular weight is 1040 g/mol. The van der Waals surface area contributed by atoms with E-state index in [1.54, 1.807) is 18.2 Å². The van der Waals surface area contributed by atoms with Gasteiger partial charge in [-0.05, 0) is 63.0 Å². The number of hydrogen-bond acceptors (Lipinski definition) is 3. The zero-order valence-corrected chi connectivity index (χ0v) is 33.5. The SMILES string of the molecule is CC(CCCC(F)(F)C(F)(F)C(F)(F)C(F)(F)C(F)(F)C(F)(F)F)(CCCC(F)(F)C(F)(F)C(F)(F)C(F)(F)C(F)(F)C(F)(F)F)OC(=O)N1CCC(C(=O)N2CCc3ccccc3C2)CC1. The molecule has 1 saturated heterocycles. The number of likely N-dealkylation sites (tertiary alicyclic amines) is 1. The Morgan fingerprint density at radius 2 is 0.851 bits per heavy atom. The number of amides is 2. The fourth-order valence-corrected chi connectivity index (χ4v) is 7.04. The van der Waals surface area contributed by atoms with E-state index in [1.165, 1.54) is 4.90 Å². The van der Waals surface area contributed by atoms with Crippen molar-refractivity contribution in [1.82, 2.24) is 9.80 Å². The van der Waals surface area contributed by atoms with Crippen molar-refractivity contribution in [3.63, 3.8) is 0 Å². The highest BCUT2D eigenvalue weighted by atomic mass is 19.4. The molecule has 2 heterocycles. The Balaban J connectivity index is 1.87. The van der Waals surface area contributed by atoms with Gasteiger partial charge in [-0.15, -0.1) is 0 Å². The molecular weight excluding hydrogens is 1000 g/mol. The summed E-state index contributed by atoms with van der Waals surface area (Å²) in [6, 6.07) is 7.01. The van der Waals surface area contributed by atoms with Gasteiger partial charge in [0.05, 0.1) is 0 Å². The molecule has 31 heteroatoms. The van der Waals surface area contributed by atoms with E-state index in [9.17, 15) is 124 Å². The van der Waals surface area contributed by atoms with Crippen LogP contribution in [0.2, 0.25) is 0 Å². The predicted octanol–water partition coefficient (Wildman–Crippen LogP) is 13.0. The number of nitrogens with zero attached hydrogens (tertiary/aromatic N) is 2. The summed E-state index contributed by atoms with van der Waals surface area (Å²) in [4.78, 5) is 28.6. The van der Waals surface area contributed by atoms with Crippen LogP contribution in [0.4, 0.5) is 119 Å². The first-order valence-corrected chi connectivity index (χ1v) is 19.0. The number of alkyl halides is 26. The van der Waals surface area contributed by atoms with E-state index in [0.717, 1.165) is 11.1 Å². The van der Waals surface area contributed by atoms with Gasteiger partial charge in [0.1, 0.15) is 5.60 Å². The summed E-state index contributed by atoms with van der Waals surface area (Å²) in [6.45, 7) is -0.135. The molecule has 3 rings (SSSR count). The van der Waals surface area contributed by atoms with Gasteiger partial charge in [-0.25, -0.2) is 4.79 Å². The smallest absolute Gasteiger partial charge is 0.443 e. The third kappa shape index (κ3) is 10.1. The minimum absolute atomic E-state index is 0.172. The minimum Gasteiger partial charge on any atom is -0.443 e. The van der Waals surface area contributed by atoms with E-state index in [1.807, 2.05) is 6.07 Å². The summed E-state index contributed by atoms with van der Waals surface area (Å²) in [7, 11) is 0. The van der Waals surface area contributed by atoms with E-state index >= 15 is 0 Å². The van der Waals surface area contributed by atoms with Gasteiger partial charge < -0.3 is 14.5 Å². The molecule has 5 nitrogen and oxygen atoms in total. The molecule has 0 N–H and O–H groups in total. The zero-order valence-electron chi connectivity index (χ0n) is 33.5. The molecule has 0 radical (unpaired) electrons. The molecule has 67 heavy (non-hydrogen) atoms. The normalized spacial score (nSPS) is 17.7. The van der Waals surface area contributed by atoms with Crippen molar-refractivity contribution < 1.29 is 128 Å². The standard InChI is InChI=1S/C36H34F26N2O3/c1-24(11-4-13-25(37,38)27(41,42)29(45,46)31(49,50)33(53,54)35(57,58)59,12-5-14-26(39,40)28(43,44)30(47,48)32(51,52)34(55,56)36(60,61)62)67-23(66)63-15-9-20(10-16-63)22(65)64-17-8-19-6-2-3-7-21(19)18-64/h2-3,6-7,20H,4-5,8-18H2,1H3. The Hall–Kier alpha value is -3.86. The minimum atomic E-state index is -8.32. The molecule has 1 aromatic carbocycles. The van der Waals surface area contributed by atoms with Crippen molar-refractivity contribution in [2.75, 3.05) is 19.6 Å². The fourth-order valence-electron chi connectivity index (χ4n) is 7.04. The molecule has 1 fully saturated rings. The van der Waals surface area contributed by atoms with Crippen LogP contribution < -0.4 is 0 Å². The highest BCUT2D eigenvalue weighted by Crippen LogP contribution is 2.62. The second kappa shape index (κ2) is 18.1. The van der Waals surface area contributed by atoms with Crippen molar-refractivity contribution >= 4 is 12.0 Å². The van der Waals surface area contributed by atoms with Crippen LogP contribution in [-0.2, 0) is 22.5 Å². The van der Waals surface area contributed by atoms with Crippen molar-refractivity contribution in [3.8, 4) is 0 Å². The Kier molecular flexibility index (Phi) is 15.6. The molecule has 388 valence electrons. The Morgan fingerprint density at radius 1 is 0.493 bits per heavy atom. The molecule has 0 saturated carbocycles. The third-order valence-corrected chi connectivity index (χ3v) is 11.3. The van der Waals surface area contributed by atoms with Crippen LogP contribution in [0.25, 0.3) is 0 Å². The first-order valence-electron chi connectivity index (χ1n) is 19.0. The lowest BCUT2D eigenvalue weighted by atomic mass is 9.87. The second-order valence-electron chi connectivity index (χ2n) is 16.1. The lowest BCUT2D eigenvalue weighted by Gasteiger charge is -2.40. The van der Waals surface area contributed by atoms with Crippen LogP contribution in [0, 0.1) is 5.92 Å². The van der Waals surface area contributed by atoms with E-state index < -0.39 is 147 Å². The number of ether oxygens (including phenoxy) is 1. The number of carbonyl (C=O) groups is 2. The maximum Gasteiger partial charge on any atom is 0.460 e. The second-order valence-corrected chi connectivity index (χ2v) is 16.1. The number of piperidine rings is 1. The lowest BCUT2D eigenvalue weighted by Crippen LogP contribution is -2.70. The number of benzene rings is 1. The van der Waals surface area contributed by atoms with Gasteiger partial charge in [0.15, 0.2) is 0 Å². The maximum atomic E-state index is 14.6. The summed E-state index contributed by atoms with van der Waals surface area (Å²) < 4.78 is 359. The van der Waals surface area contributed by atoms with E-state index in [0.29, 0.717) is 18.2 Å². The highest BCUT2D eigenvalue weighted by molar-refractivity contribution is 5.79. The summed E-state index contributed by atoms with van der Waals surface area (Å²) in [5, 5.41) is 0. The fraction of sp³-hybridized carbons (Fsp3) is 0.778. The number of hydrogen-bond donors (Lipinski definition) is 0. The van der Waals surface area contributed by atoms with Crippen LogP contribution in [0.3, 0.4) is 0 Å². The lowest BCUT2D eigenvalue weighted by molar-refractivity contribution is -0.440. The van der Waals surface area contributed by atoms with E-state index in [2.05, 4.69) is 0 Å². The predicted molar refractivity (Wildman–Crippen MR) is 174 cm³/mol. The topological polar surface area (TPSA) is 49.9 Å². The van der Waals surface area contributed by atoms with Crippen molar-refractivity contribution in [3.05, 3.63) is 35.4 Å². The summed E-state index contributed by atoms with van der Waals surface area (Å²) in [5.74, 6) is -79.8. The van der Waals surface area contributed by atoms with E-state index in [4.69, 9.17) is 4.74 Å². The number of carbonyl (C=O) groups excluding carboxylic acids is 2. The zero-order chi connectivity index (χ0) is 52.3. The molecule has 2 aliphatic rings. The summed E-state index contributed by atoms with van der Waals surface area (Å²) >= 11 is 0. The van der Waals surface area contributed by atoms with Crippen molar-refractivity contribution in [1.29, 1.82) is 0 Å². The molecule has 2 aliphatic heterocycles. The van der Waals surface area contributed by atoms with Crippen LogP contribution in [0.5, 0.6) is 0 Å². The van der Waals surface area contributed by atoms with Crippen LogP contribution >= 0.6 is 0 Å². The Labute approximate surface area is 360 Å². The quantitative estimate of drug-likeness (QED) is 0.138. The van der Waals surface area contributed by atoms with Crippen molar-refractivity contribution in [2.45, 2.75) is 148 Å². The number of halogens is 26. The maximum absolute atomic E-state index is 14.6. The molecule has 0 spiro atoms. The van der Waals surface area contributed by atoms with Gasteiger partial charge in [0, 0.05) is 44.9 Å². The van der Waals surface area contributed by atoms with Crippen LogP contribution in [0.1, 0.15) is 69.4 Å². The highest BCUT2D eigenvalue weighted by Gasteiger charge is 2.92. The van der Waals surface area contributed by atoms with Crippen molar-refractivity contribution in [2.24, 2.45) is 5.92 Å². The molecule has 0 aliphatic carbocycles. The first kappa shape index (κ1) is 57.5. The average Bonchev–Trinajstić information content (AvgIpc) is 3.18. The van der Waals surface area contributed by atoms with Gasteiger partial charge in [-0.2, -0.15) is 114 Å². The molecule has 0 aromatic heterocycles. The number of fused-ring (bicyclic) bond motifs is 1. The summed E-state index contributed by atoms with van der Waals surface area (Å²) in [5.41, 5.74) is -1.24. The molecule has 2 amide bonds. The summed E-state index contributed by atoms with van der Waals surface area (Å²) in [6.07, 6.45) is -30.4. The molecule has 0 bridgehead atoms.